The second kappa shape index (κ2) is 8.13. The third kappa shape index (κ3) is 4.08. The zero-order valence-electron chi connectivity index (χ0n) is 16.0. The molecule has 0 saturated carbocycles. The first-order valence-electron chi connectivity index (χ1n) is 9.15. The zero-order chi connectivity index (χ0) is 20.3. The Morgan fingerprint density at radius 1 is 1.18 bits per heavy atom. The molecule has 1 fully saturated rings. The van der Waals surface area contributed by atoms with Gasteiger partial charge in [-0.2, -0.15) is 9.57 Å². The predicted molar refractivity (Wildman–Crippen MR) is 106 cm³/mol. The minimum Gasteiger partial charge on any atom is -0.335 e. The monoisotopic (exact) mass is 397 g/mol. The number of hydrogen-bond donors (Lipinski definition) is 0. The molecule has 0 radical (unpaired) electrons. The Kier molecular flexibility index (Phi) is 5.82. The van der Waals surface area contributed by atoms with Crippen molar-refractivity contribution in [3.8, 4) is 6.07 Å². The molecule has 3 rings (SSSR count). The average molecular weight is 398 g/mol. The first kappa shape index (κ1) is 20.1. The van der Waals surface area contributed by atoms with Crippen molar-refractivity contribution in [3.05, 3.63) is 65.2 Å². The smallest absolute Gasteiger partial charge is 0.243 e. The molecule has 2 aromatic carbocycles. The van der Waals surface area contributed by atoms with Gasteiger partial charge in [0.05, 0.1) is 29.1 Å². The first-order chi connectivity index (χ1) is 13.3. The van der Waals surface area contributed by atoms with Gasteiger partial charge in [0.15, 0.2) is 0 Å². The molecule has 28 heavy (non-hydrogen) atoms. The summed E-state index contributed by atoms with van der Waals surface area (Å²) < 4.78 is 26.6. The van der Waals surface area contributed by atoms with Gasteiger partial charge in [-0.15, -0.1) is 0 Å². The van der Waals surface area contributed by atoms with E-state index in [-0.39, 0.29) is 23.4 Å². The van der Waals surface area contributed by atoms with E-state index in [0.29, 0.717) is 12.1 Å². The molecule has 0 bridgehead atoms. The highest BCUT2D eigenvalue weighted by Crippen LogP contribution is 2.32. The third-order valence-electron chi connectivity index (χ3n) is 5.08. The van der Waals surface area contributed by atoms with Crippen LogP contribution in [0.5, 0.6) is 0 Å². The van der Waals surface area contributed by atoms with E-state index in [1.807, 2.05) is 37.3 Å². The van der Waals surface area contributed by atoms with Crippen LogP contribution in [-0.4, -0.2) is 43.7 Å². The number of hydrogen-bond acceptors (Lipinski definition) is 4. The van der Waals surface area contributed by atoms with E-state index in [4.69, 9.17) is 5.26 Å². The molecule has 1 saturated heterocycles. The molecule has 1 aliphatic heterocycles. The van der Waals surface area contributed by atoms with E-state index in [1.54, 1.807) is 4.90 Å². The van der Waals surface area contributed by atoms with Crippen LogP contribution in [-0.2, 0) is 14.8 Å². The van der Waals surface area contributed by atoms with Crippen molar-refractivity contribution in [1.82, 2.24) is 9.21 Å². The molecule has 0 unspecified atom stereocenters. The summed E-state index contributed by atoms with van der Waals surface area (Å²) in [6, 6.07) is 15.7. The summed E-state index contributed by atoms with van der Waals surface area (Å²) in [7, 11) is -2.39. The fourth-order valence-electron chi connectivity index (χ4n) is 3.45. The van der Waals surface area contributed by atoms with Crippen LogP contribution in [0.15, 0.2) is 53.4 Å². The van der Waals surface area contributed by atoms with Gasteiger partial charge in [-0.1, -0.05) is 29.8 Å². The lowest BCUT2D eigenvalue weighted by molar-refractivity contribution is -0.132. The lowest BCUT2D eigenvalue weighted by Crippen LogP contribution is -2.40. The van der Waals surface area contributed by atoms with Gasteiger partial charge < -0.3 is 4.90 Å². The van der Waals surface area contributed by atoms with E-state index in [0.717, 1.165) is 28.3 Å². The summed E-state index contributed by atoms with van der Waals surface area (Å²) >= 11 is 0. The number of carbonyl (C=O) groups excluding carboxylic acids is 1. The van der Waals surface area contributed by atoms with Crippen molar-refractivity contribution < 1.29 is 13.2 Å². The lowest BCUT2D eigenvalue weighted by Gasteiger charge is -2.27. The van der Waals surface area contributed by atoms with Crippen LogP contribution in [0.2, 0.25) is 0 Å². The number of rotatable bonds is 5. The van der Waals surface area contributed by atoms with Gasteiger partial charge in [0.1, 0.15) is 0 Å². The summed E-state index contributed by atoms with van der Waals surface area (Å²) in [5, 5.41) is 8.85. The average Bonchev–Trinajstić information content (AvgIpc) is 3.18. The van der Waals surface area contributed by atoms with Crippen LogP contribution < -0.4 is 0 Å². The maximum absolute atomic E-state index is 12.9. The van der Waals surface area contributed by atoms with Gasteiger partial charge in [0, 0.05) is 13.6 Å². The Bertz CT molecular complexity index is 993. The molecule has 2 aromatic rings. The number of nitrogens with zero attached hydrogens (tertiary/aromatic N) is 3. The zero-order valence-corrected chi connectivity index (χ0v) is 16.8. The van der Waals surface area contributed by atoms with Gasteiger partial charge >= 0.3 is 0 Å². The Labute approximate surface area is 166 Å². The quantitative estimate of drug-likeness (QED) is 0.777. The molecule has 1 heterocycles. The number of nitriles is 1. The molecule has 1 aliphatic rings. The SMILES string of the molecule is Cc1ccc([C@@H]2CCCN2C(=O)CN(C)S(=O)(=O)c2ccc(C#N)cc2)cc1. The van der Waals surface area contributed by atoms with Crippen LogP contribution in [0.3, 0.4) is 0 Å². The molecule has 1 atom stereocenters. The topological polar surface area (TPSA) is 81.5 Å². The molecule has 0 spiro atoms. The highest BCUT2D eigenvalue weighted by Gasteiger charge is 2.32. The van der Waals surface area contributed by atoms with Gasteiger partial charge in [0.25, 0.3) is 0 Å². The number of carbonyl (C=O) groups is 1. The fourth-order valence-corrected chi connectivity index (χ4v) is 4.57. The van der Waals surface area contributed by atoms with Crippen molar-refractivity contribution >= 4 is 15.9 Å². The number of aryl methyl sites for hydroxylation is 1. The molecule has 1 amide bonds. The molecule has 6 nitrogen and oxygen atoms in total. The van der Waals surface area contributed by atoms with Gasteiger partial charge in [0.2, 0.25) is 15.9 Å². The summed E-state index contributed by atoms with van der Waals surface area (Å²) in [5.41, 5.74) is 2.62. The maximum Gasteiger partial charge on any atom is 0.243 e. The summed E-state index contributed by atoms with van der Waals surface area (Å²) in [6.45, 7) is 2.43. The Balaban J connectivity index is 1.73. The van der Waals surface area contributed by atoms with E-state index >= 15 is 0 Å². The van der Waals surface area contributed by atoms with Crippen molar-refractivity contribution in [1.29, 1.82) is 5.26 Å². The molecule has 7 heteroatoms. The maximum atomic E-state index is 12.9. The van der Waals surface area contributed by atoms with Gasteiger partial charge in [-0.3, -0.25) is 4.79 Å². The van der Waals surface area contributed by atoms with Crippen molar-refractivity contribution in [3.63, 3.8) is 0 Å². The highest BCUT2D eigenvalue weighted by atomic mass is 32.2. The predicted octanol–water partition coefficient (Wildman–Crippen LogP) is 2.85. The van der Waals surface area contributed by atoms with Crippen molar-refractivity contribution in [2.24, 2.45) is 0 Å². The van der Waals surface area contributed by atoms with Crippen molar-refractivity contribution in [2.45, 2.75) is 30.7 Å². The fraction of sp³-hybridized carbons (Fsp3) is 0.333. The number of likely N-dealkylation sites (tertiary alicyclic amines) is 1. The van der Waals surface area contributed by atoms with E-state index < -0.39 is 10.0 Å². The second-order valence-corrected chi connectivity index (χ2v) is 9.10. The van der Waals surface area contributed by atoms with Crippen molar-refractivity contribution in [2.75, 3.05) is 20.1 Å². The molecule has 0 N–H and O–H groups in total. The standard InChI is InChI=1S/C21H23N3O3S/c1-16-5-9-18(10-6-16)20-4-3-13-24(20)21(25)15-23(2)28(26,27)19-11-7-17(14-22)8-12-19/h5-12,20H,3-4,13,15H2,1-2H3/t20-/m0/s1. The summed E-state index contributed by atoms with van der Waals surface area (Å²) in [4.78, 5) is 14.7. The minimum atomic E-state index is -3.80. The Morgan fingerprint density at radius 2 is 1.82 bits per heavy atom. The molecular formula is C21H23N3O3S. The largest absolute Gasteiger partial charge is 0.335 e. The third-order valence-corrected chi connectivity index (χ3v) is 6.90. The van der Waals surface area contributed by atoms with Gasteiger partial charge in [-0.25, -0.2) is 8.42 Å². The summed E-state index contributed by atoms with van der Waals surface area (Å²) in [5.74, 6) is -0.206. The van der Waals surface area contributed by atoms with Crippen LogP contribution in [0.25, 0.3) is 0 Å². The second-order valence-electron chi connectivity index (χ2n) is 7.05. The van der Waals surface area contributed by atoms with Crippen LogP contribution in [0.1, 0.15) is 35.6 Å². The van der Waals surface area contributed by atoms with E-state index in [1.165, 1.54) is 31.3 Å². The summed E-state index contributed by atoms with van der Waals surface area (Å²) in [6.07, 6.45) is 1.78. The molecular weight excluding hydrogens is 374 g/mol. The number of likely N-dealkylation sites (N-methyl/N-ethyl adjacent to an activating group) is 1. The molecule has 0 aliphatic carbocycles. The Morgan fingerprint density at radius 3 is 2.43 bits per heavy atom. The highest BCUT2D eigenvalue weighted by molar-refractivity contribution is 7.89. The Hall–Kier alpha value is -2.69. The van der Waals surface area contributed by atoms with E-state index in [2.05, 4.69) is 0 Å². The first-order valence-corrected chi connectivity index (χ1v) is 10.6. The molecule has 146 valence electrons. The number of amides is 1. The van der Waals surface area contributed by atoms with Crippen LogP contribution in [0.4, 0.5) is 0 Å². The lowest BCUT2D eigenvalue weighted by atomic mass is 10.0. The number of benzene rings is 2. The van der Waals surface area contributed by atoms with E-state index in [9.17, 15) is 13.2 Å². The van der Waals surface area contributed by atoms with Crippen LogP contribution in [0, 0.1) is 18.3 Å². The molecule has 0 aromatic heterocycles. The van der Waals surface area contributed by atoms with Crippen LogP contribution >= 0.6 is 0 Å². The number of sulfonamides is 1. The minimum absolute atomic E-state index is 0.0147. The normalized spacial score (nSPS) is 16.9. The van der Waals surface area contributed by atoms with Gasteiger partial charge in [-0.05, 0) is 49.6 Å².